The number of carbonyl (C=O) groups excluding carboxylic acids is 1. The lowest BCUT2D eigenvalue weighted by atomic mass is 10.3. The Hall–Kier alpha value is -1.91. The Bertz CT molecular complexity index is 441. The second kappa shape index (κ2) is 5.98. The van der Waals surface area contributed by atoms with Crippen LogP contribution in [0.15, 0.2) is 30.0 Å². The van der Waals surface area contributed by atoms with Crippen molar-refractivity contribution in [3.8, 4) is 5.75 Å². The number of benzene rings is 1. The minimum absolute atomic E-state index is 0.149. The molecule has 0 aromatic heterocycles. The van der Waals surface area contributed by atoms with Crippen LogP contribution in [0.1, 0.15) is 13.8 Å². The Kier molecular flexibility index (Phi) is 4.63. The molecule has 92 valence electrons. The third-order valence-corrected chi connectivity index (χ3v) is 1.77. The number of allylic oxidation sites excluding steroid dienone is 1. The van der Waals surface area contributed by atoms with Crippen molar-refractivity contribution in [3.63, 3.8) is 0 Å². The highest BCUT2D eigenvalue weighted by atomic mass is 19.1. The highest BCUT2D eigenvalue weighted by molar-refractivity contribution is 5.82. The van der Waals surface area contributed by atoms with Gasteiger partial charge in [-0.1, -0.05) is 0 Å². The summed E-state index contributed by atoms with van der Waals surface area (Å²) in [5.74, 6) is -2.09. The van der Waals surface area contributed by atoms with Gasteiger partial charge in [0.2, 0.25) is 0 Å². The Morgan fingerprint density at radius 3 is 2.71 bits per heavy atom. The molecule has 0 amide bonds. The van der Waals surface area contributed by atoms with Crippen LogP contribution in [0.25, 0.3) is 0 Å². The minimum Gasteiger partial charge on any atom is -0.463 e. The van der Waals surface area contributed by atoms with Crippen LogP contribution in [0.3, 0.4) is 0 Å². The first-order valence-electron chi connectivity index (χ1n) is 5.01. The normalized spacial score (nSPS) is 11.2. The number of hydrogen-bond acceptors (Lipinski definition) is 3. The second-order valence-electron chi connectivity index (χ2n) is 3.18. The van der Waals surface area contributed by atoms with Gasteiger partial charge in [0.05, 0.1) is 12.7 Å². The second-order valence-corrected chi connectivity index (χ2v) is 3.18. The molecular formula is C12H12F2O3. The highest BCUT2D eigenvalue weighted by Crippen LogP contribution is 2.19. The average molecular weight is 242 g/mol. The topological polar surface area (TPSA) is 35.5 Å². The molecule has 3 nitrogen and oxygen atoms in total. The molecule has 5 heteroatoms. The van der Waals surface area contributed by atoms with Crippen LogP contribution in [0.4, 0.5) is 8.78 Å². The van der Waals surface area contributed by atoms with Crippen molar-refractivity contribution in [3.05, 3.63) is 41.7 Å². The van der Waals surface area contributed by atoms with Crippen molar-refractivity contribution in [2.75, 3.05) is 6.61 Å². The van der Waals surface area contributed by atoms with Crippen molar-refractivity contribution < 1.29 is 23.0 Å². The summed E-state index contributed by atoms with van der Waals surface area (Å²) in [6.45, 7) is 3.38. The molecule has 0 fully saturated rings. The summed E-state index contributed by atoms with van der Waals surface area (Å²) in [5.41, 5.74) is 0. The number of carbonyl (C=O) groups is 1. The van der Waals surface area contributed by atoms with Gasteiger partial charge in [0.15, 0.2) is 11.6 Å². The summed E-state index contributed by atoms with van der Waals surface area (Å²) in [4.78, 5) is 11.1. The van der Waals surface area contributed by atoms with Crippen molar-refractivity contribution in [2.24, 2.45) is 0 Å². The van der Waals surface area contributed by atoms with E-state index in [4.69, 9.17) is 4.74 Å². The lowest BCUT2D eigenvalue weighted by Gasteiger charge is -2.06. The van der Waals surface area contributed by atoms with Gasteiger partial charge in [-0.15, -0.1) is 0 Å². The van der Waals surface area contributed by atoms with E-state index in [9.17, 15) is 13.6 Å². The molecule has 0 N–H and O–H groups in total. The SMILES string of the molecule is CCOC(=O)C=C(C)Oc1ccc(F)cc1F. The fraction of sp³-hybridized carbons (Fsp3) is 0.250. The Morgan fingerprint density at radius 2 is 2.12 bits per heavy atom. The summed E-state index contributed by atoms with van der Waals surface area (Å²) in [7, 11) is 0. The van der Waals surface area contributed by atoms with Crippen LogP contribution < -0.4 is 4.74 Å². The van der Waals surface area contributed by atoms with Gasteiger partial charge in [-0.3, -0.25) is 0 Å². The van der Waals surface area contributed by atoms with E-state index in [0.29, 0.717) is 6.07 Å². The first kappa shape index (κ1) is 13.2. The maximum absolute atomic E-state index is 13.2. The quantitative estimate of drug-likeness (QED) is 0.462. The van der Waals surface area contributed by atoms with Crippen LogP contribution in [-0.2, 0) is 9.53 Å². The van der Waals surface area contributed by atoms with Gasteiger partial charge in [-0.2, -0.15) is 0 Å². The van der Waals surface area contributed by atoms with Crippen LogP contribution in [0, 0.1) is 11.6 Å². The summed E-state index contributed by atoms with van der Waals surface area (Å²) < 4.78 is 35.5. The van der Waals surface area contributed by atoms with Crippen molar-refractivity contribution >= 4 is 5.97 Å². The molecule has 1 aromatic carbocycles. The molecule has 0 bridgehead atoms. The lowest BCUT2D eigenvalue weighted by molar-refractivity contribution is -0.137. The van der Waals surface area contributed by atoms with Gasteiger partial charge in [0, 0.05) is 6.07 Å². The van der Waals surface area contributed by atoms with Gasteiger partial charge < -0.3 is 9.47 Å². The lowest BCUT2D eigenvalue weighted by Crippen LogP contribution is -2.03. The summed E-state index contributed by atoms with van der Waals surface area (Å²) in [6.07, 6.45) is 1.09. The molecule has 1 aromatic rings. The number of esters is 1. The molecule has 0 aliphatic heterocycles. The third kappa shape index (κ3) is 4.22. The molecule has 0 spiro atoms. The number of rotatable bonds is 4. The summed E-state index contributed by atoms with van der Waals surface area (Å²) in [6, 6.07) is 2.91. The van der Waals surface area contributed by atoms with Gasteiger partial charge in [-0.05, 0) is 26.0 Å². The zero-order valence-electron chi connectivity index (χ0n) is 9.50. The molecular weight excluding hydrogens is 230 g/mol. The maximum atomic E-state index is 13.2. The fourth-order valence-electron chi connectivity index (χ4n) is 1.11. The van der Waals surface area contributed by atoms with E-state index in [1.807, 2.05) is 0 Å². The number of hydrogen-bond donors (Lipinski definition) is 0. The molecule has 0 heterocycles. The van der Waals surface area contributed by atoms with Crippen LogP contribution in [0.5, 0.6) is 5.75 Å². The molecule has 0 saturated heterocycles. The molecule has 0 radical (unpaired) electrons. The van der Waals surface area contributed by atoms with E-state index < -0.39 is 17.6 Å². The standard InChI is InChI=1S/C12H12F2O3/c1-3-16-12(15)6-8(2)17-11-5-4-9(13)7-10(11)14/h4-7H,3H2,1-2H3. The molecule has 0 saturated carbocycles. The van der Waals surface area contributed by atoms with Crippen LogP contribution in [0.2, 0.25) is 0 Å². The van der Waals surface area contributed by atoms with E-state index in [1.54, 1.807) is 6.92 Å². The van der Waals surface area contributed by atoms with Gasteiger partial charge in [-0.25, -0.2) is 13.6 Å². The smallest absolute Gasteiger partial charge is 0.334 e. The monoisotopic (exact) mass is 242 g/mol. The highest BCUT2D eigenvalue weighted by Gasteiger charge is 2.06. The number of ether oxygens (including phenoxy) is 2. The first-order chi connectivity index (χ1) is 8.02. The largest absolute Gasteiger partial charge is 0.463 e. The Balaban J connectivity index is 2.74. The van der Waals surface area contributed by atoms with Crippen molar-refractivity contribution in [1.82, 2.24) is 0 Å². The van der Waals surface area contributed by atoms with Crippen LogP contribution in [-0.4, -0.2) is 12.6 Å². The fourth-order valence-corrected chi connectivity index (χ4v) is 1.11. The van der Waals surface area contributed by atoms with Gasteiger partial charge in [0.25, 0.3) is 0 Å². The van der Waals surface area contributed by atoms with E-state index >= 15 is 0 Å². The van der Waals surface area contributed by atoms with Crippen LogP contribution >= 0.6 is 0 Å². The van der Waals surface area contributed by atoms with E-state index in [2.05, 4.69) is 4.74 Å². The molecule has 1 rings (SSSR count). The summed E-state index contributed by atoms with van der Waals surface area (Å²) in [5, 5.41) is 0. The van der Waals surface area contributed by atoms with Gasteiger partial charge in [0.1, 0.15) is 11.6 Å². The van der Waals surface area contributed by atoms with E-state index in [-0.39, 0.29) is 18.1 Å². The first-order valence-corrected chi connectivity index (χ1v) is 5.01. The maximum Gasteiger partial charge on any atom is 0.334 e. The number of halogens is 2. The van der Waals surface area contributed by atoms with Gasteiger partial charge >= 0.3 is 5.97 Å². The third-order valence-electron chi connectivity index (χ3n) is 1.77. The molecule has 0 aliphatic rings. The predicted molar refractivity (Wildman–Crippen MR) is 57.4 cm³/mol. The van der Waals surface area contributed by atoms with E-state index in [1.165, 1.54) is 6.92 Å². The molecule has 0 unspecified atom stereocenters. The van der Waals surface area contributed by atoms with Crippen molar-refractivity contribution in [2.45, 2.75) is 13.8 Å². The molecule has 17 heavy (non-hydrogen) atoms. The molecule has 0 atom stereocenters. The summed E-state index contributed by atoms with van der Waals surface area (Å²) >= 11 is 0. The predicted octanol–water partition coefficient (Wildman–Crippen LogP) is 2.81. The van der Waals surface area contributed by atoms with E-state index in [0.717, 1.165) is 18.2 Å². The van der Waals surface area contributed by atoms with Crippen molar-refractivity contribution in [1.29, 1.82) is 0 Å². The zero-order chi connectivity index (χ0) is 12.8. The minimum atomic E-state index is -0.832. The Labute approximate surface area is 97.7 Å². The Morgan fingerprint density at radius 1 is 1.41 bits per heavy atom. The average Bonchev–Trinajstić information content (AvgIpc) is 2.22. The zero-order valence-corrected chi connectivity index (χ0v) is 9.50. The molecule has 0 aliphatic carbocycles.